The molecule has 1 heterocycles. The predicted octanol–water partition coefficient (Wildman–Crippen LogP) is 4.41. The van der Waals surface area contributed by atoms with Crippen LogP contribution in [0.3, 0.4) is 0 Å². The van der Waals surface area contributed by atoms with E-state index in [9.17, 15) is 19.5 Å². The highest BCUT2D eigenvalue weighted by Gasteiger charge is 2.50. The number of alkyl carbamates (subject to hydrolysis) is 1. The molecule has 7 nitrogen and oxygen atoms in total. The molecule has 0 saturated carbocycles. The summed E-state index contributed by atoms with van der Waals surface area (Å²) >= 11 is 0. The number of fused-ring (bicyclic) bond motifs is 3. The van der Waals surface area contributed by atoms with Gasteiger partial charge in [-0.05, 0) is 47.4 Å². The quantitative estimate of drug-likeness (QED) is 0.633. The van der Waals surface area contributed by atoms with Crippen LogP contribution < -0.4 is 5.32 Å². The first-order valence-corrected chi connectivity index (χ1v) is 12.0. The van der Waals surface area contributed by atoms with Crippen LogP contribution in [0.4, 0.5) is 4.79 Å². The highest BCUT2D eigenvalue weighted by Crippen LogP contribution is 2.44. The van der Waals surface area contributed by atoms with Crippen LogP contribution in [0.25, 0.3) is 11.1 Å². The number of carboxylic acid groups (broad SMARTS) is 1. The van der Waals surface area contributed by atoms with Gasteiger partial charge in [0.1, 0.15) is 18.2 Å². The van der Waals surface area contributed by atoms with Gasteiger partial charge in [-0.3, -0.25) is 4.79 Å². The summed E-state index contributed by atoms with van der Waals surface area (Å²) in [5.41, 5.74) is 3.29. The molecule has 2 aromatic rings. The standard InChI is InChI=1S/C27H32N2O5/c1-4-27(25(31)32)14-9-15-29(27)24(30)23(17(2)3)28-26(33)34-16-22-20-12-7-5-10-18(20)19-11-6-8-13-21(19)22/h5-8,10-13,17,22-23H,4,9,14-16H2,1-3H3,(H,28,33)(H,31,32)/t23-,27?/m0/s1. The molecule has 1 fully saturated rings. The molecule has 2 aromatic carbocycles. The maximum Gasteiger partial charge on any atom is 0.407 e. The predicted molar refractivity (Wildman–Crippen MR) is 128 cm³/mol. The SMILES string of the molecule is CCC1(C(=O)O)CCCN1C(=O)[C@@H](NC(=O)OCC1c2ccccc2-c2ccccc21)C(C)C. The molecule has 4 rings (SSSR count). The topological polar surface area (TPSA) is 95.9 Å². The van der Waals surface area contributed by atoms with Crippen LogP contribution in [-0.2, 0) is 14.3 Å². The number of carbonyl (C=O) groups excluding carboxylic acids is 2. The number of aliphatic carboxylic acids is 1. The van der Waals surface area contributed by atoms with E-state index in [1.807, 2.05) is 50.2 Å². The molecule has 1 aliphatic heterocycles. The highest BCUT2D eigenvalue weighted by molar-refractivity contribution is 5.92. The van der Waals surface area contributed by atoms with Crippen molar-refractivity contribution < 1.29 is 24.2 Å². The number of amides is 2. The number of carboxylic acids is 1. The summed E-state index contributed by atoms with van der Waals surface area (Å²) in [6.45, 7) is 5.96. The van der Waals surface area contributed by atoms with Crippen molar-refractivity contribution >= 4 is 18.0 Å². The van der Waals surface area contributed by atoms with Gasteiger partial charge in [0.15, 0.2) is 0 Å². The average Bonchev–Trinajstić information content (AvgIpc) is 3.41. The molecule has 2 atom stereocenters. The zero-order valence-corrected chi connectivity index (χ0v) is 19.9. The second-order valence-corrected chi connectivity index (χ2v) is 9.48. The van der Waals surface area contributed by atoms with Crippen LogP contribution >= 0.6 is 0 Å². The molecule has 1 aliphatic carbocycles. The smallest absolute Gasteiger partial charge is 0.407 e. The molecular formula is C27H32N2O5. The maximum atomic E-state index is 13.4. The Kier molecular flexibility index (Phi) is 6.64. The van der Waals surface area contributed by atoms with Crippen molar-refractivity contribution in [1.29, 1.82) is 0 Å². The van der Waals surface area contributed by atoms with E-state index in [2.05, 4.69) is 17.4 Å². The van der Waals surface area contributed by atoms with Crippen LogP contribution in [0.1, 0.15) is 57.1 Å². The van der Waals surface area contributed by atoms with Gasteiger partial charge < -0.3 is 20.1 Å². The Balaban J connectivity index is 1.47. The number of rotatable bonds is 7. The number of hydrogen-bond acceptors (Lipinski definition) is 4. The molecule has 2 N–H and O–H groups in total. The lowest BCUT2D eigenvalue weighted by molar-refractivity contribution is -0.158. The Labute approximate surface area is 200 Å². The van der Waals surface area contributed by atoms with Gasteiger partial charge >= 0.3 is 12.1 Å². The third-order valence-corrected chi connectivity index (χ3v) is 7.29. The summed E-state index contributed by atoms with van der Waals surface area (Å²) in [7, 11) is 0. The fourth-order valence-electron chi connectivity index (χ4n) is 5.39. The first-order valence-electron chi connectivity index (χ1n) is 12.0. The molecule has 2 aliphatic rings. The van der Waals surface area contributed by atoms with Crippen molar-refractivity contribution in [3.8, 4) is 11.1 Å². The van der Waals surface area contributed by atoms with Crippen molar-refractivity contribution in [3.63, 3.8) is 0 Å². The third-order valence-electron chi connectivity index (χ3n) is 7.29. The zero-order chi connectivity index (χ0) is 24.5. The van der Waals surface area contributed by atoms with Crippen molar-refractivity contribution in [1.82, 2.24) is 10.2 Å². The molecule has 0 aromatic heterocycles. The van der Waals surface area contributed by atoms with E-state index in [0.29, 0.717) is 25.8 Å². The Morgan fingerprint density at radius 1 is 1.09 bits per heavy atom. The van der Waals surface area contributed by atoms with Crippen molar-refractivity contribution in [3.05, 3.63) is 59.7 Å². The largest absolute Gasteiger partial charge is 0.479 e. The molecule has 1 unspecified atom stereocenters. The minimum Gasteiger partial charge on any atom is -0.479 e. The third kappa shape index (κ3) is 4.04. The molecule has 34 heavy (non-hydrogen) atoms. The lowest BCUT2D eigenvalue weighted by atomic mass is 9.91. The Hall–Kier alpha value is -3.35. The van der Waals surface area contributed by atoms with Gasteiger partial charge in [-0.15, -0.1) is 0 Å². The van der Waals surface area contributed by atoms with Crippen LogP contribution in [0.15, 0.2) is 48.5 Å². The summed E-state index contributed by atoms with van der Waals surface area (Å²) in [6.07, 6.45) is 0.691. The van der Waals surface area contributed by atoms with E-state index in [4.69, 9.17) is 4.74 Å². The van der Waals surface area contributed by atoms with Gasteiger partial charge in [0.2, 0.25) is 5.91 Å². The summed E-state index contributed by atoms with van der Waals surface area (Å²) in [5, 5.41) is 12.6. The first-order chi connectivity index (χ1) is 16.3. The van der Waals surface area contributed by atoms with Gasteiger partial charge in [0, 0.05) is 12.5 Å². The van der Waals surface area contributed by atoms with E-state index in [1.165, 1.54) is 4.90 Å². The maximum absolute atomic E-state index is 13.4. The average molecular weight is 465 g/mol. The summed E-state index contributed by atoms with van der Waals surface area (Å²) in [4.78, 5) is 39.6. The number of nitrogens with zero attached hydrogens (tertiary/aromatic N) is 1. The molecule has 1 saturated heterocycles. The van der Waals surface area contributed by atoms with E-state index in [1.54, 1.807) is 6.92 Å². The van der Waals surface area contributed by atoms with Crippen LogP contribution in [0, 0.1) is 5.92 Å². The number of ether oxygens (including phenoxy) is 1. The molecule has 2 amide bonds. The van der Waals surface area contributed by atoms with Crippen LogP contribution in [0.2, 0.25) is 0 Å². The van der Waals surface area contributed by atoms with Gasteiger partial charge in [0.05, 0.1) is 0 Å². The number of benzene rings is 2. The van der Waals surface area contributed by atoms with Crippen LogP contribution in [0.5, 0.6) is 0 Å². The Morgan fingerprint density at radius 2 is 1.68 bits per heavy atom. The molecular weight excluding hydrogens is 432 g/mol. The van der Waals surface area contributed by atoms with Crippen molar-refractivity contribution in [2.24, 2.45) is 5.92 Å². The molecule has 180 valence electrons. The van der Waals surface area contributed by atoms with Crippen molar-refractivity contribution in [2.45, 2.75) is 57.5 Å². The lowest BCUT2D eigenvalue weighted by Gasteiger charge is -2.37. The Morgan fingerprint density at radius 3 is 2.21 bits per heavy atom. The minimum atomic E-state index is -1.22. The highest BCUT2D eigenvalue weighted by atomic mass is 16.5. The molecule has 0 bridgehead atoms. The van der Waals surface area contributed by atoms with E-state index >= 15 is 0 Å². The molecule has 7 heteroatoms. The Bertz CT molecular complexity index is 1050. The fraction of sp³-hybridized carbons (Fsp3) is 0.444. The first kappa shape index (κ1) is 23.8. The summed E-state index contributed by atoms with van der Waals surface area (Å²) in [6, 6.07) is 15.3. The van der Waals surface area contributed by atoms with E-state index in [0.717, 1.165) is 22.3 Å². The van der Waals surface area contributed by atoms with Crippen LogP contribution in [-0.4, -0.2) is 52.7 Å². The van der Waals surface area contributed by atoms with Gasteiger partial charge in [-0.1, -0.05) is 69.3 Å². The monoisotopic (exact) mass is 464 g/mol. The zero-order valence-electron chi connectivity index (χ0n) is 19.9. The number of carbonyl (C=O) groups is 3. The second kappa shape index (κ2) is 9.49. The second-order valence-electron chi connectivity index (χ2n) is 9.48. The van der Waals surface area contributed by atoms with Gasteiger partial charge in [0.25, 0.3) is 0 Å². The lowest BCUT2D eigenvalue weighted by Crippen LogP contribution is -2.59. The van der Waals surface area contributed by atoms with Crippen molar-refractivity contribution in [2.75, 3.05) is 13.2 Å². The van der Waals surface area contributed by atoms with Gasteiger partial charge in [-0.2, -0.15) is 0 Å². The summed E-state index contributed by atoms with van der Waals surface area (Å²) in [5.74, 6) is -1.67. The molecule has 0 radical (unpaired) electrons. The summed E-state index contributed by atoms with van der Waals surface area (Å²) < 4.78 is 5.62. The fourth-order valence-corrected chi connectivity index (χ4v) is 5.39. The normalized spacial score (nSPS) is 20.1. The van der Waals surface area contributed by atoms with Gasteiger partial charge in [-0.25, -0.2) is 9.59 Å². The van der Waals surface area contributed by atoms with E-state index in [-0.39, 0.29) is 24.3 Å². The van der Waals surface area contributed by atoms with E-state index < -0.39 is 23.6 Å². The molecule has 0 spiro atoms. The number of nitrogens with one attached hydrogen (secondary N) is 1. The number of hydrogen-bond donors (Lipinski definition) is 2. The minimum absolute atomic E-state index is 0.0790. The number of likely N-dealkylation sites (tertiary alicyclic amines) is 1.